The van der Waals surface area contributed by atoms with E-state index in [1.165, 1.54) is 13.2 Å². The van der Waals surface area contributed by atoms with Crippen molar-refractivity contribution in [1.29, 1.82) is 5.26 Å². The van der Waals surface area contributed by atoms with Crippen molar-refractivity contribution in [3.63, 3.8) is 0 Å². The molecule has 2 rings (SSSR count). The van der Waals surface area contributed by atoms with Crippen LogP contribution < -0.4 is 14.8 Å². The Balaban J connectivity index is 2.37. The first kappa shape index (κ1) is 18.6. The van der Waals surface area contributed by atoms with E-state index in [-0.39, 0.29) is 5.57 Å². The summed E-state index contributed by atoms with van der Waals surface area (Å²) in [6, 6.07) is 12.7. The lowest BCUT2D eigenvalue weighted by atomic mass is 10.1. The van der Waals surface area contributed by atoms with E-state index >= 15 is 0 Å². The van der Waals surface area contributed by atoms with Crippen LogP contribution in [0.1, 0.15) is 11.1 Å². The molecule has 6 heteroatoms. The average molecular weight is 401 g/mol. The highest BCUT2D eigenvalue weighted by Gasteiger charge is 2.14. The molecular weight excluding hydrogens is 384 g/mol. The maximum atomic E-state index is 12.4. The minimum Gasteiger partial charge on any atom is -0.497 e. The molecule has 128 valence electrons. The summed E-state index contributed by atoms with van der Waals surface area (Å²) in [4.78, 5) is 12.4. The van der Waals surface area contributed by atoms with Crippen LogP contribution in [0.4, 0.5) is 5.69 Å². The summed E-state index contributed by atoms with van der Waals surface area (Å²) in [5.41, 5.74) is 2.19. The topological polar surface area (TPSA) is 71.3 Å². The van der Waals surface area contributed by atoms with Crippen LogP contribution in [0.25, 0.3) is 6.08 Å². The molecule has 0 saturated heterocycles. The molecule has 0 aromatic heterocycles. The molecular formula is C19H17BrN2O3. The van der Waals surface area contributed by atoms with Gasteiger partial charge in [0.1, 0.15) is 23.1 Å². The van der Waals surface area contributed by atoms with E-state index in [4.69, 9.17) is 9.47 Å². The molecule has 1 amide bonds. The number of halogens is 1. The lowest BCUT2D eigenvalue weighted by Crippen LogP contribution is -2.13. The fourth-order valence-electron chi connectivity index (χ4n) is 2.21. The van der Waals surface area contributed by atoms with Crippen LogP contribution in [0.5, 0.6) is 11.5 Å². The van der Waals surface area contributed by atoms with Crippen molar-refractivity contribution in [2.24, 2.45) is 0 Å². The van der Waals surface area contributed by atoms with E-state index in [1.807, 2.05) is 31.2 Å². The molecule has 2 aromatic carbocycles. The maximum absolute atomic E-state index is 12.4. The second-order valence-electron chi connectivity index (χ2n) is 5.22. The van der Waals surface area contributed by atoms with Gasteiger partial charge in [0.25, 0.3) is 5.91 Å². The van der Waals surface area contributed by atoms with Gasteiger partial charge in [-0.2, -0.15) is 5.26 Å². The van der Waals surface area contributed by atoms with Crippen LogP contribution in [0.3, 0.4) is 0 Å². The number of nitrogens with one attached hydrogen (secondary N) is 1. The molecule has 5 nitrogen and oxygen atoms in total. The van der Waals surface area contributed by atoms with Crippen LogP contribution in [-0.4, -0.2) is 20.1 Å². The number of carbonyl (C=O) groups excluding carboxylic acids is 1. The predicted molar refractivity (Wildman–Crippen MR) is 101 cm³/mol. The van der Waals surface area contributed by atoms with Gasteiger partial charge in [0.05, 0.1) is 14.2 Å². The first-order valence-corrected chi connectivity index (χ1v) is 8.19. The smallest absolute Gasteiger partial charge is 0.266 e. The first-order valence-electron chi connectivity index (χ1n) is 7.39. The van der Waals surface area contributed by atoms with Crippen LogP contribution in [0.2, 0.25) is 0 Å². The maximum Gasteiger partial charge on any atom is 0.266 e. The summed E-state index contributed by atoms with van der Waals surface area (Å²) in [7, 11) is 3.06. The third-order valence-corrected chi connectivity index (χ3v) is 4.11. The summed E-state index contributed by atoms with van der Waals surface area (Å²) in [5.74, 6) is 0.601. The minimum atomic E-state index is -0.488. The number of nitrogens with zero attached hydrogens (tertiary/aromatic N) is 1. The molecule has 0 aliphatic heterocycles. The van der Waals surface area contributed by atoms with E-state index in [9.17, 15) is 10.1 Å². The standard InChI is InChI=1S/C19H17BrN2O3/c1-12-5-4-6-14(7-12)22-19(23)13(11-21)8-16-17(20)9-15(24-2)10-18(16)25-3/h4-10H,1-3H3,(H,22,23). The van der Waals surface area contributed by atoms with E-state index in [0.29, 0.717) is 27.2 Å². The number of rotatable bonds is 5. The molecule has 25 heavy (non-hydrogen) atoms. The molecule has 2 aromatic rings. The Morgan fingerprint density at radius 2 is 2.00 bits per heavy atom. The van der Waals surface area contributed by atoms with Gasteiger partial charge in [0.2, 0.25) is 0 Å². The predicted octanol–water partition coefficient (Wildman–Crippen LogP) is 4.32. The molecule has 0 heterocycles. The third kappa shape index (κ3) is 4.61. The Kier molecular flexibility index (Phi) is 6.20. The fourth-order valence-corrected chi connectivity index (χ4v) is 2.75. The number of benzene rings is 2. The zero-order chi connectivity index (χ0) is 18.4. The van der Waals surface area contributed by atoms with Gasteiger partial charge in [-0.05, 0) is 52.7 Å². The van der Waals surface area contributed by atoms with Gasteiger partial charge in [-0.25, -0.2) is 0 Å². The number of methoxy groups -OCH3 is 2. The molecule has 0 aliphatic rings. The van der Waals surface area contributed by atoms with Gasteiger partial charge < -0.3 is 14.8 Å². The van der Waals surface area contributed by atoms with Crippen LogP contribution in [0.15, 0.2) is 46.4 Å². The van der Waals surface area contributed by atoms with Gasteiger partial charge >= 0.3 is 0 Å². The Bertz CT molecular complexity index is 869. The Labute approximate surface area is 155 Å². The molecule has 0 saturated carbocycles. The van der Waals surface area contributed by atoms with Crippen LogP contribution in [0, 0.1) is 18.3 Å². The zero-order valence-electron chi connectivity index (χ0n) is 14.1. The first-order chi connectivity index (χ1) is 12.0. The third-order valence-electron chi connectivity index (χ3n) is 3.45. The van der Waals surface area contributed by atoms with Gasteiger partial charge in [0, 0.05) is 21.8 Å². The Morgan fingerprint density at radius 3 is 2.60 bits per heavy atom. The molecule has 0 fully saturated rings. The number of nitriles is 1. The molecule has 0 aliphatic carbocycles. The van der Waals surface area contributed by atoms with Crippen molar-refractivity contribution in [3.05, 3.63) is 57.6 Å². The molecule has 0 radical (unpaired) electrons. The SMILES string of the molecule is COc1cc(Br)c(C=C(C#N)C(=O)Nc2cccc(C)c2)c(OC)c1. The molecule has 1 N–H and O–H groups in total. The quantitative estimate of drug-likeness (QED) is 0.599. The molecule has 0 spiro atoms. The lowest BCUT2D eigenvalue weighted by Gasteiger charge is -2.11. The average Bonchev–Trinajstić information content (AvgIpc) is 2.59. The van der Waals surface area contributed by atoms with Crippen molar-refractivity contribution < 1.29 is 14.3 Å². The Hall–Kier alpha value is -2.78. The summed E-state index contributed by atoms with van der Waals surface area (Å²) >= 11 is 3.42. The molecule has 0 atom stereocenters. The summed E-state index contributed by atoms with van der Waals surface area (Å²) in [5, 5.41) is 12.1. The van der Waals surface area contributed by atoms with E-state index in [0.717, 1.165) is 5.56 Å². The number of anilines is 1. The number of amides is 1. The van der Waals surface area contributed by atoms with Gasteiger partial charge in [-0.15, -0.1) is 0 Å². The van der Waals surface area contributed by atoms with Crippen molar-refractivity contribution in [2.45, 2.75) is 6.92 Å². The molecule has 0 unspecified atom stereocenters. The second kappa shape index (κ2) is 8.36. The van der Waals surface area contributed by atoms with Crippen LogP contribution >= 0.6 is 15.9 Å². The number of ether oxygens (including phenoxy) is 2. The second-order valence-corrected chi connectivity index (χ2v) is 6.07. The van der Waals surface area contributed by atoms with E-state index < -0.39 is 5.91 Å². The van der Waals surface area contributed by atoms with Crippen molar-refractivity contribution in [1.82, 2.24) is 0 Å². The zero-order valence-corrected chi connectivity index (χ0v) is 15.7. The monoisotopic (exact) mass is 400 g/mol. The number of carbonyl (C=O) groups is 1. The number of hydrogen-bond acceptors (Lipinski definition) is 4. The van der Waals surface area contributed by atoms with Crippen molar-refractivity contribution in [2.75, 3.05) is 19.5 Å². The highest BCUT2D eigenvalue weighted by molar-refractivity contribution is 9.10. The number of aryl methyl sites for hydroxylation is 1. The van der Waals surface area contributed by atoms with E-state index in [1.54, 1.807) is 25.3 Å². The lowest BCUT2D eigenvalue weighted by molar-refractivity contribution is -0.112. The Morgan fingerprint density at radius 1 is 1.24 bits per heavy atom. The molecule has 0 bridgehead atoms. The normalized spacial score (nSPS) is 10.8. The largest absolute Gasteiger partial charge is 0.497 e. The summed E-state index contributed by atoms with van der Waals surface area (Å²) in [6.45, 7) is 1.93. The van der Waals surface area contributed by atoms with Gasteiger partial charge in [-0.1, -0.05) is 12.1 Å². The van der Waals surface area contributed by atoms with E-state index in [2.05, 4.69) is 21.2 Å². The van der Waals surface area contributed by atoms with Crippen molar-refractivity contribution >= 4 is 33.6 Å². The minimum absolute atomic E-state index is 0.0364. The summed E-state index contributed by atoms with van der Waals surface area (Å²) in [6.07, 6.45) is 1.48. The highest BCUT2D eigenvalue weighted by atomic mass is 79.9. The van der Waals surface area contributed by atoms with Crippen LogP contribution in [-0.2, 0) is 4.79 Å². The van der Waals surface area contributed by atoms with Gasteiger partial charge in [0.15, 0.2) is 0 Å². The van der Waals surface area contributed by atoms with Gasteiger partial charge in [-0.3, -0.25) is 4.79 Å². The van der Waals surface area contributed by atoms with Crippen molar-refractivity contribution in [3.8, 4) is 17.6 Å². The fraction of sp³-hybridized carbons (Fsp3) is 0.158. The summed E-state index contributed by atoms with van der Waals surface area (Å²) < 4.78 is 11.2. The number of hydrogen-bond donors (Lipinski definition) is 1. The highest BCUT2D eigenvalue weighted by Crippen LogP contribution is 2.34.